The first kappa shape index (κ1) is 11.6. The van der Waals surface area contributed by atoms with Crippen molar-refractivity contribution in [1.29, 1.82) is 0 Å². The number of hydrogen-bond acceptors (Lipinski definition) is 2. The van der Waals surface area contributed by atoms with Gasteiger partial charge in [-0.3, -0.25) is 9.59 Å². The van der Waals surface area contributed by atoms with Crippen LogP contribution in [0.3, 0.4) is 0 Å². The van der Waals surface area contributed by atoms with E-state index in [1.807, 2.05) is 31.2 Å². The van der Waals surface area contributed by atoms with Crippen molar-refractivity contribution in [3.8, 4) is 0 Å². The summed E-state index contributed by atoms with van der Waals surface area (Å²) in [7, 11) is 0. The van der Waals surface area contributed by atoms with Crippen LogP contribution in [0.25, 0.3) is 0 Å². The van der Waals surface area contributed by atoms with E-state index in [4.69, 9.17) is 5.11 Å². The van der Waals surface area contributed by atoms with Gasteiger partial charge in [0.15, 0.2) is 0 Å². The summed E-state index contributed by atoms with van der Waals surface area (Å²) in [5, 5.41) is 11.7. The molecule has 0 spiro atoms. The molecule has 2 rings (SSSR count). The first-order valence-corrected chi connectivity index (χ1v) is 5.57. The first-order chi connectivity index (χ1) is 8.02. The Balaban J connectivity index is 2.36. The Labute approximate surface area is 99.6 Å². The van der Waals surface area contributed by atoms with Crippen LogP contribution in [0.15, 0.2) is 24.3 Å². The summed E-state index contributed by atoms with van der Waals surface area (Å²) in [6.45, 7) is 2.38. The van der Waals surface area contributed by atoms with E-state index in [2.05, 4.69) is 5.32 Å². The van der Waals surface area contributed by atoms with E-state index in [0.29, 0.717) is 6.54 Å². The Morgan fingerprint density at radius 2 is 2.06 bits per heavy atom. The maximum absolute atomic E-state index is 11.4. The summed E-state index contributed by atoms with van der Waals surface area (Å²) in [5.41, 5.74) is 1.46. The van der Waals surface area contributed by atoms with Gasteiger partial charge in [0.2, 0.25) is 5.91 Å². The second kappa shape index (κ2) is 4.20. The van der Waals surface area contributed by atoms with Gasteiger partial charge in [0.05, 0.1) is 6.42 Å². The third-order valence-corrected chi connectivity index (χ3v) is 3.28. The zero-order valence-electron chi connectivity index (χ0n) is 9.69. The standard InChI is InChI=1S/C13H15NO3/c1-9-2-4-10(5-3-9)13(7-12(16)17)6-11(15)14-8-13/h2-5H,6-8H2,1H3,(H,14,15)(H,16,17). The molecule has 0 aliphatic carbocycles. The van der Waals surface area contributed by atoms with Crippen LogP contribution in [-0.2, 0) is 15.0 Å². The predicted octanol–water partition coefficient (Wildman–Crippen LogP) is 1.23. The monoisotopic (exact) mass is 233 g/mol. The highest BCUT2D eigenvalue weighted by Crippen LogP contribution is 2.34. The number of carbonyl (C=O) groups excluding carboxylic acids is 1. The number of nitrogens with one attached hydrogen (secondary N) is 1. The molecule has 1 aromatic carbocycles. The zero-order chi connectivity index (χ0) is 12.5. The molecule has 17 heavy (non-hydrogen) atoms. The maximum atomic E-state index is 11.4. The van der Waals surface area contributed by atoms with Crippen molar-refractivity contribution in [2.75, 3.05) is 6.54 Å². The number of amides is 1. The normalized spacial score (nSPS) is 23.5. The van der Waals surface area contributed by atoms with Crippen LogP contribution in [-0.4, -0.2) is 23.5 Å². The van der Waals surface area contributed by atoms with Crippen LogP contribution >= 0.6 is 0 Å². The van der Waals surface area contributed by atoms with E-state index in [9.17, 15) is 9.59 Å². The third kappa shape index (κ3) is 2.30. The second-order valence-corrected chi connectivity index (χ2v) is 4.67. The topological polar surface area (TPSA) is 66.4 Å². The van der Waals surface area contributed by atoms with Crippen LogP contribution in [0.4, 0.5) is 0 Å². The summed E-state index contributed by atoms with van der Waals surface area (Å²) in [6.07, 6.45) is 0.233. The van der Waals surface area contributed by atoms with Gasteiger partial charge >= 0.3 is 5.97 Å². The smallest absolute Gasteiger partial charge is 0.304 e. The highest BCUT2D eigenvalue weighted by Gasteiger charge is 2.41. The fourth-order valence-corrected chi connectivity index (χ4v) is 2.33. The molecule has 1 heterocycles. The lowest BCUT2D eigenvalue weighted by Gasteiger charge is -2.25. The van der Waals surface area contributed by atoms with E-state index >= 15 is 0 Å². The number of rotatable bonds is 3. The van der Waals surface area contributed by atoms with E-state index in [-0.39, 0.29) is 18.7 Å². The molecule has 2 N–H and O–H groups in total. The number of carboxylic acid groups (broad SMARTS) is 1. The van der Waals surface area contributed by atoms with E-state index in [1.165, 1.54) is 0 Å². The Bertz CT molecular complexity index is 452. The highest BCUT2D eigenvalue weighted by molar-refractivity contribution is 5.82. The van der Waals surface area contributed by atoms with Gasteiger partial charge in [-0.2, -0.15) is 0 Å². The van der Waals surface area contributed by atoms with Gasteiger partial charge in [0.1, 0.15) is 0 Å². The molecule has 1 fully saturated rings. The van der Waals surface area contributed by atoms with Crippen LogP contribution < -0.4 is 5.32 Å². The Hall–Kier alpha value is -1.84. The molecule has 1 aromatic rings. The van der Waals surface area contributed by atoms with Crippen molar-refractivity contribution in [2.24, 2.45) is 0 Å². The van der Waals surface area contributed by atoms with Crippen molar-refractivity contribution >= 4 is 11.9 Å². The van der Waals surface area contributed by atoms with Gasteiger partial charge in [-0.15, -0.1) is 0 Å². The molecule has 4 nitrogen and oxygen atoms in total. The molecule has 0 bridgehead atoms. The molecule has 1 aliphatic heterocycles. The minimum Gasteiger partial charge on any atom is -0.481 e. The third-order valence-electron chi connectivity index (χ3n) is 3.28. The van der Waals surface area contributed by atoms with Gasteiger partial charge < -0.3 is 10.4 Å². The lowest BCUT2D eigenvalue weighted by molar-refractivity contribution is -0.138. The van der Waals surface area contributed by atoms with E-state index in [1.54, 1.807) is 0 Å². The van der Waals surface area contributed by atoms with Gasteiger partial charge in [-0.1, -0.05) is 29.8 Å². The number of aliphatic carboxylic acids is 1. The summed E-state index contributed by atoms with van der Waals surface area (Å²) < 4.78 is 0. The number of benzene rings is 1. The molecule has 0 saturated carbocycles. The Morgan fingerprint density at radius 1 is 1.41 bits per heavy atom. The number of carboxylic acids is 1. The van der Waals surface area contributed by atoms with Crippen molar-refractivity contribution in [1.82, 2.24) is 5.32 Å². The average molecular weight is 233 g/mol. The van der Waals surface area contributed by atoms with E-state index in [0.717, 1.165) is 11.1 Å². The molecule has 0 aromatic heterocycles. The fraction of sp³-hybridized carbons (Fsp3) is 0.385. The van der Waals surface area contributed by atoms with Crippen LogP contribution in [0.5, 0.6) is 0 Å². The molecular weight excluding hydrogens is 218 g/mol. The molecule has 1 saturated heterocycles. The Morgan fingerprint density at radius 3 is 2.53 bits per heavy atom. The number of hydrogen-bond donors (Lipinski definition) is 2. The molecule has 0 radical (unpaired) electrons. The SMILES string of the molecule is Cc1ccc(C2(CC(=O)O)CNC(=O)C2)cc1. The second-order valence-electron chi connectivity index (χ2n) is 4.67. The first-order valence-electron chi connectivity index (χ1n) is 5.57. The molecule has 1 atom stereocenters. The van der Waals surface area contributed by atoms with Gasteiger partial charge in [-0.05, 0) is 12.5 Å². The largest absolute Gasteiger partial charge is 0.481 e. The zero-order valence-corrected chi connectivity index (χ0v) is 9.69. The molecule has 90 valence electrons. The number of aryl methyl sites for hydroxylation is 1. The lowest BCUT2D eigenvalue weighted by atomic mass is 9.76. The van der Waals surface area contributed by atoms with Crippen molar-refractivity contribution in [2.45, 2.75) is 25.2 Å². The molecule has 4 heteroatoms. The molecule has 1 amide bonds. The van der Waals surface area contributed by atoms with E-state index < -0.39 is 11.4 Å². The quantitative estimate of drug-likeness (QED) is 0.825. The number of carbonyl (C=O) groups is 2. The van der Waals surface area contributed by atoms with Crippen molar-refractivity contribution in [3.63, 3.8) is 0 Å². The molecular formula is C13H15NO3. The minimum absolute atomic E-state index is 0.0190. The lowest BCUT2D eigenvalue weighted by Crippen LogP contribution is -2.31. The fourth-order valence-electron chi connectivity index (χ4n) is 2.33. The minimum atomic E-state index is -0.873. The average Bonchev–Trinajstić information content (AvgIpc) is 2.61. The predicted molar refractivity (Wildman–Crippen MR) is 62.7 cm³/mol. The van der Waals surface area contributed by atoms with Gasteiger partial charge in [-0.25, -0.2) is 0 Å². The molecule has 1 aliphatic rings. The van der Waals surface area contributed by atoms with Gasteiger partial charge in [0.25, 0.3) is 0 Å². The van der Waals surface area contributed by atoms with Crippen LogP contribution in [0.2, 0.25) is 0 Å². The van der Waals surface area contributed by atoms with Crippen LogP contribution in [0, 0.1) is 6.92 Å². The maximum Gasteiger partial charge on any atom is 0.304 e. The summed E-state index contributed by atoms with van der Waals surface area (Å²) in [5.74, 6) is -0.950. The highest BCUT2D eigenvalue weighted by atomic mass is 16.4. The van der Waals surface area contributed by atoms with Crippen molar-refractivity contribution in [3.05, 3.63) is 35.4 Å². The van der Waals surface area contributed by atoms with Crippen molar-refractivity contribution < 1.29 is 14.7 Å². The summed E-state index contributed by atoms with van der Waals surface area (Å²) >= 11 is 0. The Kier molecular flexibility index (Phi) is 2.88. The summed E-state index contributed by atoms with van der Waals surface area (Å²) in [6, 6.07) is 7.72. The molecule has 1 unspecified atom stereocenters. The summed E-state index contributed by atoms with van der Waals surface area (Å²) in [4.78, 5) is 22.3. The van der Waals surface area contributed by atoms with Gasteiger partial charge in [0, 0.05) is 18.4 Å². The van der Waals surface area contributed by atoms with Crippen LogP contribution in [0.1, 0.15) is 24.0 Å².